The van der Waals surface area contributed by atoms with Gasteiger partial charge in [0.15, 0.2) is 6.61 Å². The fourth-order valence-corrected chi connectivity index (χ4v) is 4.48. The van der Waals surface area contributed by atoms with Crippen molar-refractivity contribution < 1.29 is 27.5 Å². The molecule has 2 heterocycles. The standard InChI is InChI=1S/C21H24N4O8S/c1-23-17(13-19(27)24(2)21(23)29)22-18(26)14-33-20(28)8-5-15-3-6-16(7-4-15)34(30,31)25-9-11-32-12-10-25/h3-8,13H,9-12,14H2,1-2H3,(H,22,26). The van der Waals surface area contributed by atoms with Gasteiger partial charge in [0.05, 0.1) is 18.1 Å². The number of sulfonamides is 1. The van der Waals surface area contributed by atoms with Crippen molar-refractivity contribution in [2.45, 2.75) is 4.90 Å². The first-order valence-corrected chi connectivity index (χ1v) is 11.6. The maximum Gasteiger partial charge on any atom is 0.332 e. The van der Waals surface area contributed by atoms with Crippen molar-refractivity contribution in [3.05, 3.63) is 62.8 Å². The fraction of sp³-hybridized carbons (Fsp3) is 0.333. The van der Waals surface area contributed by atoms with E-state index in [1.54, 1.807) is 12.1 Å². The zero-order valence-electron chi connectivity index (χ0n) is 18.6. The molecular formula is C21H24N4O8S. The van der Waals surface area contributed by atoms with Crippen LogP contribution in [0, 0.1) is 0 Å². The van der Waals surface area contributed by atoms with Gasteiger partial charge in [-0.1, -0.05) is 12.1 Å². The number of rotatable bonds is 7. The lowest BCUT2D eigenvalue weighted by atomic mass is 10.2. The molecule has 13 heteroatoms. The quantitative estimate of drug-likeness (QED) is 0.394. The summed E-state index contributed by atoms with van der Waals surface area (Å²) in [4.78, 5) is 47.6. The van der Waals surface area contributed by atoms with Crippen molar-refractivity contribution in [1.29, 1.82) is 0 Å². The molecule has 0 atom stereocenters. The van der Waals surface area contributed by atoms with E-state index in [0.717, 1.165) is 21.3 Å². The average molecular weight is 493 g/mol. The lowest BCUT2D eigenvalue weighted by molar-refractivity contribution is -0.142. The number of morpholine rings is 1. The summed E-state index contributed by atoms with van der Waals surface area (Å²) in [6.07, 6.45) is 2.50. The number of hydrogen-bond donors (Lipinski definition) is 1. The minimum atomic E-state index is -3.61. The Labute approximate surface area is 195 Å². The van der Waals surface area contributed by atoms with Crippen molar-refractivity contribution in [2.75, 3.05) is 38.2 Å². The number of aromatic nitrogens is 2. The Kier molecular flexibility index (Phi) is 7.81. The Morgan fingerprint density at radius 1 is 1.09 bits per heavy atom. The Bertz CT molecular complexity index is 1320. The van der Waals surface area contributed by atoms with Gasteiger partial charge in [-0.3, -0.25) is 18.7 Å². The summed E-state index contributed by atoms with van der Waals surface area (Å²) in [5.41, 5.74) is -0.661. The molecule has 34 heavy (non-hydrogen) atoms. The zero-order valence-corrected chi connectivity index (χ0v) is 19.4. The van der Waals surface area contributed by atoms with E-state index in [9.17, 15) is 27.6 Å². The first-order chi connectivity index (χ1) is 16.1. The molecule has 182 valence electrons. The van der Waals surface area contributed by atoms with Crippen LogP contribution in [0.4, 0.5) is 5.82 Å². The minimum absolute atomic E-state index is 0.0307. The zero-order chi connectivity index (χ0) is 24.9. The topological polar surface area (TPSA) is 146 Å². The van der Waals surface area contributed by atoms with Gasteiger partial charge >= 0.3 is 11.7 Å². The molecular weight excluding hydrogens is 468 g/mol. The van der Waals surface area contributed by atoms with Gasteiger partial charge in [-0.25, -0.2) is 18.0 Å². The monoisotopic (exact) mass is 492 g/mol. The van der Waals surface area contributed by atoms with Crippen LogP contribution in [0.25, 0.3) is 6.08 Å². The van der Waals surface area contributed by atoms with Crippen LogP contribution in [0.15, 0.2) is 50.9 Å². The highest BCUT2D eigenvalue weighted by molar-refractivity contribution is 7.89. The first kappa shape index (κ1) is 25.1. The van der Waals surface area contributed by atoms with Crippen molar-refractivity contribution in [3.8, 4) is 0 Å². The van der Waals surface area contributed by atoms with Gasteiger partial charge in [-0.2, -0.15) is 4.31 Å². The predicted octanol–water partition coefficient (Wildman–Crippen LogP) is -0.700. The molecule has 0 bridgehead atoms. The van der Waals surface area contributed by atoms with Crippen molar-refractivity contribution in [3.63, 3.8) is 0 Å². The first-order valence-electron chi connectivity index (χ1n) is 10.2. The van der Waals surface area contributed by atoms with Crippen LogP contribution in [0.2, 0.25) is 0 Å². The third-order valence-electron chi connectivity index (χ3n) is 5.04. The summed E-state index contributed by atoms with van der Waals surface area (Å²) in [5, 5.41) is 2.34. The molecule has 0 spiro atoms. The van der Waals surface area contributed by atoms with Gasteiger partial charge in [-0.15, -0.1) is 0 Å². The molecule has 1 aromatic carbocycles. The van der Waals surface area contributed by atoms with Gasteiger partial charge in [0, 0.05) is 39.3 Å². The molecule has 3 rings (SSSR count). The van der Waals surface area contributed by atoms with E-state index >= 15 is 0 Å². The summed E-state index contributed by atoms with van der Waals surface area (Å²) in [5.74, 6) is -1.57. The minimum Gasteiger partial charge on any atom is -0.452 e. The average Bonchev–Trinajstić information content (AvgIpc) is 2.84. The molecule has 1 N–H and O–H groups in total. The number of benzene rings is 1. The molecule has 12 nitrogen and oxygen atoms in total. The number of hydrogen-bond acceptors (Lipinski definition) is 8. The van der Waals surface area contributed by atoms with Crippen molar-refractivity contribution >= 4 is 33.8 Å². The van der Waals surface area contributed by atoms with E-state index in [0.29, 0.717) is 31.9 Å². The molecule has 0 saturated carbocycles. The largest absolute Gasteiger partial charge is 0.452 e. The predicted molar refractivity (Wildman–Crippen MR) is 122 cm³/mol. The fourth-order valence-electron chi connectivity index (χ4n) is 3.07. The second kappa shape index (κ2) is 10.6. The van der Waals surface area contributed by atoms with Gasteiger partial charge in [-0.05, 0) is 23.8 Å². The lowest BCUT2D eigenvalue weighted by Crippen LogP contribution is -2.40. The smallest absolute Gasteiger partial charge is 0.332 e. The number of nitrogens with one attached hydrogen (secondary N) is 1. The SMILES string of the molecule is Cn1c(NC(=O)COC(=O)C=Cc2ccc(S(=O)(=O)N3CCOCC3)cc2)cc(=O)n(C)c1=O. The highest BCUT2D eigenvalue weighted by Crippen LogP contribution is 2.18. The summed E-state index contributed by atoms with van der Waals surface area (Å²) in [6, 6.07) is 7.04. The van der Waals surface area contributed by atoms with Crippen molar-refractivity contribution in [2.24, 2.45) is 14.1 Å². The number of carbonyl (C=O) groups is 2. The lowest BCUT2D eigenvalue weighted by Gasteiger charge is -2.26. The number of esters is 1. The number of anilines is 1. The number of amides is 1. The molecule has 0 aliphatic carbocycles. The number of carbonyl (C=O) groups excluding carboxylic acids is 2. The van der Waals surface area contributed by atoms with Crippen LogP contribution in [0.3, 0.4) is 0 Å². The van der Waals surface area contributed by atoms with E-state index < -0.39 is 39.8 Å². The van der Waals surface area contributed by atoms with E-state index in [1.807, 2.05) is 0 Å². The molecule has 1 amide bonds. The normalized spacial score (nSPS) is 14.8. The van der Waals surface area contributed by atoms with Gasteiger partial charge < -0.3 is 14.8 Å². The third-order valence-corrected chi connectivity index (χ3v) is 6.95. The molecule has 1 saturated heterocycles. The highest BCUT2D eigenvalue weighted by Gasteiger charge is 2.26. The molecule has 1 aliphatic rings. The molecule has 0 radical (unpaired) electrons. The van der Waals surface area contributed by atoms with Crippen LogP contribution >= 0.6 is 0 Å². The van der Waals surface area contributed by atoms with E-state index in [4.69, 9.17) is 9.47 Å². The molecule has 2 aromatic rings. The summed E-state index contributed by atoms with van der Waals surface area (Å²) >= 11 is 0. The Morgan fingerprint density at radius 2 is 1.74 bits per heavy atom. The van der Waals surface area contributed by atoms with Crippen LogP contribution in [0.1, 0.15) is 5.56 Å². The molecule has 0 unspecified atom stereocenters. The van der Waals surface area contributed by atoms with Gasteiger partial charge in [0.1, 0.15) is 5.82 Å². The molecule has 1 aromatic heterocycles. The van der Waals surface area contributed by atoms with Gasteiger partial charge in [0.25, 0.3) is 11.5 Å². The highest BCUT2D eigenvalue weighted by atomic mass is 32.2. The molecule has 1 aliphatic heterocycles. The van der Waals surface area contributed by atoms with Crippen LogP contribution < -0.4 is 16.6 Å². The Balaban J connectivity index is 1.54. The van der Waals surface area contributed by atoms with Crippen LogP contribution in [-0.4, -0.2) is 66.6 Å². The van der Waals surface area contributed by atoms with E-state index in [-0.39, 0.29) is 10.7 Å². The van der Waals surface area contributed by atoms with Crippen LogP contribution in [0.5, 0.6) is 0 Å². The number of ether oxygens (including phenoxy) is 2. The molecule has 1 fully saturated rings. The van der Waals surface area contributed by atoms with E-state index in [1.165, 1.54) is 36.6 Å². The third kappa shape index (κ3) is 5.87. The van der Waals surface area contributed by atoms with Gasteiger partial charge in [0.2, 0.25) is 10.0 Å². The number of nitrogens with zero attached hydrogens (tertiary/aromatic N) is 3. The maximum absolute atomic E-state index is 12.6. The van der Waals surface area contributed by atoms with E-state index in [2.05, 4.69) is 5.32 Å². The maximum atomic E-state index is 12.6. The van der Waals surface area contributed by atoms with Crippen LogP contribution in [-0.2, 0) is 43.2 Å². The Morgan fingerprint density at radius 3 is 2.38 bits per heavy atom. The second-order valence-corrected chi connectivity index (χ2v) is 9.28. The summed E-state index contributed by atoms with van der Waals surface area (Å²) in [7, 11) is -0.929. The second-order valence-electron chi connectivity index (χ2n) is 7.34. The Hall–Kier alpha value is -3.55. The summed E-state index contributed by atoms with van der Waals surface area (Å²) in [6.45, 7) is 0.648. The van der Waals surface area contributed by atoms with Crippen molar-refractivity contribution in [1.82, 2.24) is 13.4 Å². The summed E-state index contributed by atoms with van der Waals surface area (Å²) < 4.78 is 38.6.